The predicted molar refractivity (Wildman–Crippen MR) is 104 cm³/mol. The van der Waals surface area contributed by atoms with Gasteiger partial charge in [-0.2, -0.15) is 0 Å². The molecule has 0 spiro atoms. The van der Waals surface area contributed by atoms with Crippen LogP contribution < -0.4 is 20.7 Å². The van der Waals surface area contributed by atoms with E-state index in [1.807, 2.05) is 0 Å². The van der Waals surface area contributed by atoms with Crippen molar-refractivity contribution < 1.29 is 28.6 Å². The first-order chi connectivity index (χ1) is 13.8. The largest absolute Gasteiger partial charge is 0.484 e. The standard InChI is InChI=1S/C19H24ClN3O6/c1-27-7-6-21-17(26)29-9-16(25)23-19-10-18(11-19,12-19)22-15(24)8-28-14-4-2-13(20)3-5-14/h2-5H,6-12H2,1H3,(H,21,26)(H,22,24)(H,23,25). The highest BCUT2D eigenvalue weighted by molar-refractivity contribution is 6.30. The minimum absolute atomic E-state index is 0.0885. The van der Waals surface area contributed by atoms with Crippen LogP contribution in [-0.2, 0) is 19.1 Å². The average Bonchev–Trinajstić information content (AvgIpc) is 2.63. The molecule has 1 aromatic carbocycles. The molecular weight excluding hydrogens is 402 g/mol. The SMILES string of the molecule is COCCNC(=O)OCC(=O)NC12CC(NC(=O)COc3ccc(Cl)cc3)(C1)C2. The van der Waals surface area contributed by atoms with E-state index in [0.717, 1.165) is 0 Å². The van der Waals surface area contributed by atoms with Gasteiger partial charge in [0.25, 0.3) is 11.8 Å². The van der Waals surface area contributed by atoms with E-state index in [-0.39, 0.29) is 36.1 Å². The van der Waals surface area contributed by atoms with E-state index < -0.39 is 6.09 Å². The summed E-state index contributed by atoms with van der Waals surface area (Å²) >= 11 is 5.81. The van der Waals surface area contributed by atoms with Crippen LogP contribution in [0.1, 0.15) is 19.3 Å². The monoisotopic (exact) mass is 425 g/mol. The summed E-state index contributed by atoms with van der Waals surface area (Å²) in [5, 5.41) is 8.91. The number of carbonyl (C=O) groups is 3. The molecule has 3 aliphatic carbocycles. The summed E-state index contributed by atoms with van der Waals surface area (Å²) in [5.74, 6) is -0.00892. The second kappa shape index (κ2) is 8.87. The third kappa shape index (κ3) is 5.51. The van der Waals surface area contributed by atoms with E-state index in [9.17, 15) is 14.4 Å². The number of hydrogen-bond donors (Lipinski definition) is 3. The lowest BCUT2D eigenvalue weighted by Crippen LogP contribution is -2.84. The van der Waals surface area contributed by atoms with Crippen molar-refractivity contribution in [2.24, 2.45) is 0 Å². The number of rotatable bonds is 10. The van der Waals surface area contributed by atoms with Crippen LogP contribution in [0.2, 0.25) is 5.02 Å². The Bertz CT molecular complexity index is 750. The number of nitrogens with one attached hydrogen (secondary N) is 3. The van der Waals surface area contributed by atoms with Crippen LogP contribution in [0, 0.1) is 0 Å². The lowest BCUT2D eigenvalue weighted by molar-refractivity contribution is -0.151. The number of alkyl carbamates (subject to hydrolysis) is 1. The number of benzene rings is 1. The molecule has 0 heterocycles. The van der Waals surface area contributed by atoms with Gasteiger partial charge in [-0.1, -0.05) is 11.6 Å². The van der Waals surface area contributed by atoms with Gasteiger partial charge in [0.2, 0.25) is 0 Å². The molecule has 0 radical (unpaired) electrons. The Balaban J connectivity index is 1.30. The quantitative estimate of drug-likeness (QED) is 0.482. The normalized spacial score (nSPS) is 23.8. The van der Waals surface area contributed by atoms with Gasteiger partial charge in [-0.05, 0) is 43.5 Å². The van der Waals surface area contributed by atoms with Gasteiger partial charge in [-0.3, -0.25) is 9.59 Å². The van der Waals surface area contributed by atoms with E-state index in [2.05, 4.69) is 16.0 Å². The Kier molecular flexibility index (Phi) is 6.49. The molecule has 2 bridgehead atoms. The number of ether oxygens (including phenoxy) is 3. The molecule has 9 nitrogen and oxygen atoms in total. The van der Waals surface area contributed by atoms with Crippen molar-refractivity contribution in [3.8, 4) is 5.75 Å². The third-order valence-corrected chi connectivity index (χ3v) is 5.18. The molecule has 0 saturated heterocycles. The van der Waals surface area contributed by atoms with Gasteiger partial charge in [0.1, 0.15) is 5.75 Å². The smallest absolute Gasteiger partial charge is 0.407 e. The minimum Gasteiger partial charge on any atom is -0.484 e. The van der Waals surface area contributed by atoms with Gasteiger partial charge in [-0.15, -0.1) is 0 Å². The molecule has 3 N–H and O–H groups in total. The Labute approximate surface area is 173 Å². The summed E-state index contributed by atoms with van der Waals surface area (Å²) in [6.07, 6.45) is 1.29. The molecule has 3 aliphatic rings. The molecular formula is C19H24ClN3O6. The predicted octanol–water partition coefficient (Wildman–Crippen LogP) is 0.999. The van der Waals surface area contributed by atoms with Crippen molar-refractivity contribution >= 4 is 29.5 Å². The number of carbonyl (C=O) groups excluding carboxylic acids is 3. The Morgan fingerprint density at radius 3 is 2.17 bits per heavy atom. The first kappa shape index (κ1) is 21.2. The van der Waals surface area contributed by atoms with E-state index in [1.54, 1.807) is 24.3 Å². The van der Waals surface area contributed by atoms with Crippen molar-refractivity contribution in [1.29, 1.82) is 0 Å². The van der Waals surface area contributed by atoms with Crippen LogP contribution in [0.5, 0.6) is 5.75 Å². The summed E-state index contributed by atoms with van der Waals surface area (Å²) in [5.41, 5.74) is -0.608. The van der Waals surface area contributed by atoms with Crippen molar-refractivity contribution in [3.05, 3.63) is 29.3 Å². The van der Waals surface area contributed by atoms with E-state index in [1.165, 1.54) is 7.11 Å². The molecule has 0 unspecified atom stereocenters. The maximum atomic E-state index is 12.1. The topological polar surface area (TPSA) is 115 Å². The van der Waals surface area contributed by atoms with E-state index in [4.69, 9.17) is 25.8 Å². The average molecular weight is 426 g/mol. The second-order valence-corrected chi connectivity index (χ2v) is 7.86. The van der Waals surface area contributed by atoms with E-state index in [0.29, 0.717) is 43.2 Å². The fraction of sp³-hybridized carbons (Fsp3) is 0.526. The molecule has 3 amide bonds. The summed E-state index contributed by atoms with van der Waals surface area (Å²) in [6.45, 7) is 0.234. The van der Waals surface area contributed by atoms with Gasteiger partial charge in [0.15, 0.2) is 13.2 Å². The zero-order valence-corrected chi connectivity index (χ0v) is 16.8. The first-order valence-electron chi connectivity index (χ1n) is 9.24. The van der Waals surface area contributed by atoms with Crippen LogP contribution in [0.25, 0.3) is 0 Å². The molecule has 158 valence electrons. The molecule has 0 aromatic heterocycles. The second-order valence-electron chi connectivity index (χ2n) is 7.43. The molecule has 29 heavy (non-hydrogen) atoms. The Morgan fingerprint density at radius 1 is 1.00 bits per heavy atom. The van der Waals surface area contributed by atoms with Gasteiger partial charge in [0.05, 0.1) is 6.61 Å². The maximum absolute atomic E-state index is 12.1. The molecule has 0 aliphatic heterocycles. The first-order valence-corrected chi connectivity index (χ1v) is 9.62. The summed E-state index contributed by atoms with van der Waals surface area (Å²) in [7, 11) is 1.52. The zero-order valence-electron chi connectivity index (χ0n) is 16.1. The van der Waals surface area contributed by atoms with Crippen molar-refractivity contribution in [3.63, 3.8) is 0 Å². The van der Waals surface area contributed by atoms with Crippen LogP contribution in [0.15, 0.2) is 24.3 Å². The number of methoxy groups -OCH3 is 1. The molecule has 3 fully saturated rings. The summed E-state index contributed by atoms with van der Waals surface area (Å²) in [4.78, 5) is 35.5. The van der Waals surface area contributed by atoms with Gasteiger partial charge < -0.3 is 30.2 Å². The maximum Gasteiger partial charge on any atom is 0.407 e. The highest BCUT2D eigenvalue weighted by Gasteiger charge is 2.69. The highest BCUT2D eigenvalue weighted by Crippen LogP contribution is 2.60. The molecule has 10 heteroatoms. The molecule has 4 rings (SSSR count). The molecule has 1 aromatic rings. The van der Waals surface area contributed by atoms with E-state index >= 15 is 0 Å². The summed E-state index contributed by atoms with van der Waals surface area (Å²) < 4.78 is 15.1. The van der Waals surface area contributed by atoms with Crippen molar-refractivity contribution in [2.45, 2.75) is 30.3 Å². The van der Waals surface area contributed by atoms with Crippen LogP contribution in [-0.4, -0.2) is 62.5 Å². The van der Waals surface area contributed by atoms with Crippen LogP contribution in [0.4, 0.5) is 4.79 Å². The number of halogens is 1. The molecule has 0 atom stereocenters. The fourth-order valence-electron chi connectivity index (χ4n) is 3.83. The van der Waals surface area contributed by atoms with Gasteiger partial charge in [0, 0.05) is 29.8 Å². The van der Waals surface area contributed by atoms with Crippen molar-refractivity contribution in [2.75, 3.05) is 33.5 Å². The number of amides is 3. The number of hydrogen-bond acceptors (Lipinski definition) is 6. The van der Waals surface area contributed by atoms with Gasteiger partial charge >= 0.3 is 6.09 Å². The minimum atomic E-state index is -0.667. The van der Waals surface area contributed by atoms with Crippen molar-refractivity contribution in [1.82, 2.24) is 16.0 Å². The van der Waals surface area contributed by atoms with Crippen LogP contribution >= 0.6 is 11.6 Å². The fourth-order valence-corrected chi connectivity index (χ4v) is 3.96. The summed E-state index contributed by atoms with van der Waals surface area (Å²) in [6, 6.07) is 6.77. The molecule has 3 saturated carbocycles. The Morgan fingerprint density at radius 2 is 1.59 bits per heavy atom. The van der Waals surface area contributed by atoms with Crippen LogP contribution in [0.3, 0.4) is 0 Å². The third-order valence-electron chi connectivity index (χ3n) is 4.93. The lowest BCUT2D eigenvalue weighted by atomic mass is 9.44. The Hall–Kier alpha value is -2.52. The zero-order chi connectivity index (χ0) is 20.9. The highest BCUT2D eigenvalue weighted by atomic mass is 35.5. The van der Waals surface area contributed by atoms with Gasteiger partial charge in [-0.25, -0.2) is 4.79 Å². The lowest BCUT2D eigenvalue weighted by Gasteiger charge is -2.70.